The first-order valence-electron chi connectivity index (χ1n) is 5.53. The minimum Gasteiger partial charge on any atom is -0.278 e. The van der Waals surface area contributed by atoms with Gasteiger partial charge in [0.2, 0.25) is 0 Å². The fourth-order valence-electron chi connectivity index (χ4n) is 1.55. The van der Waals surface area contributed by atoms with Crippen LogP contribution in [-0.2, 0) is 10.0 Å². The number of halogens is 3. The van der Waals surface area contributed by atoms with Gasteiger partial charge in [0.05, 0.1) is 15.6 Å². The quantitative estimate of drug-likeness (QED) is 0.937. The lowest BCUT2D eigenvalue weighted by molar-refractivity contribution is 0.504. The summed E-state index contributed by atoms with van der Waals surface area (Å²) in [5, 5.41) is 0.219. The van der Waals surface area contributed by atoms with Gasteiger partial charge in [0.15, 0.2) is 11.6 Å². The molecule has 0 aliphatic carbocycles. The van der Waals surface area contributed by atoms with E-state index in [0.717, 1.165) is 17.7 Å². The van der Waals surface area contributed by atoms with E-state index in [1.807, 2.05) is 0 Å². The Labute approximate surface area is 120 Å². The van der Waals surface area contributed by atoms with Crippen molar-refractivity contribution in [1.82, 2.24) is 0 Å². The van der Waals surface area contributed by atoms with Crippen molar-refractivity contribution in [3.63, 3.8) is 0 Å². The third kappa shape index (κ3) is 3.08. The molecule has 2 aromatic rings. The number of benzene rings is 2. The van der Waals surface area contributed by atoms with Gasteiger partial charge in [0.25, 0.3) is 10.0 Å². The fourth-order valence-corrected chi connectivity index (χ4v) is 2.98. The van der Waals surface area contributed by atoms with Crippen molar-refractivity contribution in [3.05, 3.63) is 58.6 Å². The van der Waals surface area contributed by atoms with Gasteiger partial charge in [0.1, 0.15) is 0 Å². The smallest absolute Gasteiger partial charge is 0.262 e. The largest absolute Gasteiger partial charge is 0.278 e. The van der Waals surface area contributed by atoms with Crippen molar-refractivity contribution in [2.75, 3.05) is 4.72 Å². The molecule has 0 saturated carbocycles. The van der Waals surface area contributed by atoms with Crippen LogP contribution in [0.5, 0.6) is 0 Å². The number of nitrogens with one attached hydrogen (secondary N) is 1. The molecule has 0 aliphatic rings. The highest BCUT2D eigenvalue weighted by atomic mass is 35.5. The highest BCUT2D eigenvalue weighted by Crippen LogP contribution is 2.26. The van der Waals surface area contributed by atoms with E-state index in [-0.39, 0.29) is 15.6 Å². The zero-order valence-corrected chi connectivity index (χ0v) is 11.9. The second kappa shape index (κ2) is 5.38. The highest BCUT2D eigenvalue weighted by molar-refractivity contribution is 7.92. The van der Waals surface area contributed by atoms with Crippen LogP contribution < -0.4 is 4.72 Å². The molecule has 0 unspecified atom stereocenters. The number of aryl methyl sites for hydroxylation is 1. The van der Waals surface area contributed by atoms with E-state index in [1.54, 1.807) is 19.1 Å². The number of hydrogen-bond acceptors (Lipinski definition) is 2. The highest BCUT2D eigenvalue weighted by Gasteiger charge is 2.17. The summed E-state index contributed by atoms with van der Waals surface area (Å²) >= 11 is 5.92. The maximum atomic E-state index is 13.1. The van der Waals surface area contributed by atoms with E-state index in [0.29, 0.717) is 6.07 Å². The van der Waals surface area contributed by atoms with Crippen LogP contribution in [0.4, 0.5) is 14.5 Å². The lowest BCUT2D eigenvalue weighted by Gasteiger charge is -2.10. The van der Waals surface area contributed by atoms with Gasteiger partial charge in [-0.1, -0.05) is 17.7 Å². The third-order valence-corrected chi connectivity index (χ3v) is 4.25. The molecule has 0 atom stereocenters. The zero-order chi connectivity index (χ0) is 14.9. The molecule has 20 heavy (non-hydrogen) atoms. The van der Waals surface area contributed by atoms with Crippen molar-refractivity contribution in [2.24, 2.45) is 0 Å². The first-order chi connectivity index (χ1) is 9.29. The minimum absolute atomic E-state index is 0.169. The predicted molar refractivity (Wildman–Crippen MR) is 73.4 cm³/mol. The van der Waals surface area contributed by atoms with E-state index in [1.165, 1.54) is 6.07 Å². The molecule has 0 spiro atoms. The SMILES string of the molecule is Cc1ccc(NS(=O)(=O)c2ccc(F)c(F)c2)c(Cl)c1. The van der Waals surface area contributed by atoms with Crippen molar-refractivity contribution in [1.29, 1.82) is 0 Å². The molecule has 0 amide bonds. The molecule has 0 saturated heterocycles. The van der Waals surface area contributed by atoms with Gasteiger partial charge in [-0.15, -0.1) is 0 Å². The average Bonchev–Trinajstić information content (AvgIpc) is 2.36. The second-order valence-electron chi connectivity index (χ2n) is 4.16. The molecule has 2 rings (SSSR count). The molecule has 0 aromatic heterocycles. The van der Waals surface area contributed by atoms with Crippen molar-refractivity contribution >= 4 is 27.3 Å². The van der Waals surface area contributed by atoms with E-state index in [4.69, 9.17) is 11.6 Å². The van der Waals surface area contributed by atoms with E-state index < -0.39 is 21.7 Å². The number of rotatable bonds is 3. The van der Waals surface area contributed by atoms with Gasteiger partial charge in [-0.2, -0.15) is 0 Å². The molecule has 2 aromatic carbocycles. The summed E-state index contributed by atoms with van der Waals surface area (Å²) in [5.41, 5.74) is 1.03. The van der Waals surface area contributed by atoms with Crippen LogP contribution in [0.2, 0.25) is 5.02 Å². The van der Waals surface area contributed by atoms with E-state index in [2.05, 4.69) is 4.72 Å². The first kappa shape index (κ1) is 14.7. The molecule has 3 nitrogen and oxygen atoms in total. The Morgan fingerprint density at radius 3 is 2.35 bits per heavy atom. The Balaban J connectivity index is 2.38. The second-order valence-corrected chi connectivity index (χ2v) is 6.25. The predicted octanol–water partition coefficient (Wildman–Crippen LogP) is 3.73. The summed E-state index contributed by atoms with van der Waals surface area (Å²) in [5.74, 6) is -2.35. The normalized spacial score (nSPS) is 11.4. The Bertz CT molecular complexity index is 763. The first-order valence-corrected chi connectivity index (χ1v) is 7.40. The lowest BCUT2D eigenvalue weighted by Crippen LogP contribution is -2.13. The number of sulfonamides is 1. The van der Waals surface area contributed by atoms with E-state index >= 15 is 0 Å². The monoisotopic (exact) mass is 317 g/mol. The van der Waals surface area contributed by atoms with Crippen molar-refractivity contribution in [2.45, 2.75) is 11.8 Å². The Morgan fingerprint density at radius 2 is 1.75 bits per heavy atom. The van der Waals surface area contributed by atoms with Crippen LogP contribution >= 0.6 is 11.6 Å². The van der Waals surface area contributed by atoms with Crippen LogP contribution in [0.25, 0.3) is 0 Å². The Morgan fingerprint density at radius 1 is 1.05 bits per heavy atom. The van der Waals surface area contributed by atoms with Crippen molar-refractivity contribution < 1.29 is 17.2 Å². The average molecular weight is 318 g/mol. The summed E-state index contributed by atoms with van der Waals surface area (Å²) < 4.78 is 52.2. The molecule has 0 heterocycles. The number of hydrogen-bond donors (Lipinski definition) is 1. The Kier molecular flexibility index (Phi) is 3.96. The standard InChI is InChI=1S/C13H10ClF2NO2S/c1-8-2-5-13(10(14)6-8)17-20(18,19)9-3-4-11(15)12(16)7-9/h2-7,17H,1H3. The topological polar surface area (TPSA) is 46.2 Å². The molecule has 0 fully saturated rings. The molecular weight excluding hydrogens is 308 g/mol. The fraction of sp³-hybridized carbons (Fsp3) is 0.0769. The lowest BCUT2D eigenvalue weighted by atomic mass is 10.2. The van der Waals surface area contributed by atoms with Gasteiger partial charge in [-0.3, -0.25) is 4.72 Å². The van der Waals surface area contributed by atoms with Crippen LogP contribution in [0.15, 0.2) is 41.3 Å². The van der Waals surface area contributed by atoms with E-state index in [9.17, 15) is 17.2 Å². The van der Waals surface area contributed by atoms with Gasteiger partial charge < -0.3 is 0 Å². The van der Waals surface area contributed by atoms with Crippen LogP contribution in [-0.4, -0.2) is 8.42 Å². The molecule has 1 N–H and O–H groups in total. The summed E-state index contributed by atoms with van der Waals surface area (Å²) in [4.78, 5) is -0.381. The maximum Gasteiger partial charge on any atom is 0.262 e. The van der Waals surface area contributed by atoms with Crippen LogP contribution in [0.3, 0.4) is 0 Å². The summed E-state index contributed by atoms with van der Waals surface area (Å²) in [7, 11) is -4.03. The van der Waals surface area contributed by atoms with Crippen LogP contribution in [0, 0.1) is 18.6 Å². The van der Waals surface area contributed by atoms with Gasteiger partial charge in [0, 0.05) is 0 Å². The summed E-state index contributed by atoms with van der Waals surface area (Å²) in [6, 6.07) is 7.10. The Hall–Kier alpha value is -1.66. The number of anilines is 1. The summed E-state index contributed by atoms with van der Waals surface area (Å²) in [6.45, 7) is 1.81. The maximum absolute atomic E-state index is 13.1. The molecule has 0 radical (unpaired) electrons. The molecule has 106 valence electrons. The minimum atomic E-state index is -4.03. The zero-order valence-electron chi connectivity index (χ0n) is 10.3. The van der Waals surface area contributed by atoms with Gasteiger partial charge >= 0.3 is 0 Å². The third-order valence-electron chi connectivity index (χ3n) is 2.57. The van der Waals surface area contributed by atoms with Crippen molar-refractivity contribution in [3.8, 4) is 0 Å². The van der Waals surface area contributed by atoms with Gasteiger partial charge in [-0.25, -0.2) is 17.2 Å². The molecule has 0 bridgehead atoms. The molecule has 0 aliphatic heterocycles. The van der Waals surface area contributed by atoms with Crippen LogP contribution in [0.1, 0.15) is 5.56 Å². The molecule has 7 heteroatoms. The summed E-state index contributed by atoms with van der Waals surface area (Å²) in [6.07, 6.45) is 0. The van der Waals surface area contributed by atoms with Gasteiger partial charge in [-0.05, 0) is 42.8 Å². The molecular formula is C13H10ClF2NO2S.